The predicted octanol–water partition coefficient (Wildman–Crippen LogP) is 2.85. The largest absolute Gasteiger partial charge is 0.388 e. The standard InChI is InChI=1S/C33H35N5O5/c1-35-14-10-27-29(35)34-22-38(32(27)42)21-33(43)12-16-36(17-13-33)31(41)26-11-15-37(19-28(26)24-7-3-2-4-8-24)30(40)25-9-5-6-23(18-25)20-39/h2-10,14,18,20,22,26,28,43H,11-13,15-17,19,21H2,1H3/t26-,28+/m1/s1. The van der Waals surface area contributed by atoms with Gasteiger partial charge >= 0.3 is 0 Å². The van der Waals surface area contributed by atoms with Crippen LogP contribution in [-0.2, 0) is 18.4 Å². The lowest BCUT2D eigenvalue weighted by Crippen LogP contribution is -2.53. The van der Waals surface area contributed by atoms with Gasteiger partial charge in [0.25, 0.3) is 11.5 Å². The number of aromatic nitrogens is 3. The zero-order chi connectivity index (χ0) is 30.1. The van der Waals surface area contributed by atoms with Crippen molar-refractivity contribution in [1.82, 2.24) is 23.9 Å². The Morgan fingerprint density at radius 2 is 1.79 bits per heavy atom. The van der Waals surface area contributed by atoms with E-state index >= 15 is 0 Å². The highest BCUT2D eigenvalue weighted by Gasteiger charge is 2.41. The van der Waals surface area contributed by atoms with Gasteiger partial charge in [0.05, 0.1) is 17.5 Å². The van der Waals surface area contributed by atoms with Gasteiger partial charge in [-0.05, 0) is 43.0 Å². The molecule has 10 heteroatoms. The summed E-state index contributed by atoms with van der Waals surface area (Å²) in [6.45, 7) is 1.69. The van der Waals surface area contributed by atoms with E-state index in [1.54, 1.807) is 46.0 Å². The van der Waals surface area contributed by atoms with Crippen molar-refractivity contribution in [3.8, 4) is 0 Å². The number of carbonyl (C=O) groups is 3. The minimum Gasteiger partial charge on any atom is -0.388 e. The quantitative estimate of drug-likeness (QED) is 0.350. The number of fused-ring (bicyclic) bond motifs is 1. The molecule has 0 saturated carbocycles. The summed E-state index contributed by atoms with van der Waals surface area (Å²) in [6.07, 6.45) is 5.20. The second-order valence-electron chi connectivity index (χ2n) is 11.8. The minimum absolute atomic E-state index is 0.0236. The normalized spacial score (nSPS) is 20.2. The maximum atomic E-state index is 14.0. The third-order valence-electron chi connectivity index (χ3n) is 9.04. The Morgan fingerprint density at radius 1 is 1.02 bits per heavy atom. The molecule has 2 amide bonds. The van der Waals surface area contributed by atoms with Gasteiger partial charge in [-0.1, -0.05) is 42.5 Å². The van der Waals surface area contributed by atoms with Gasteiger partial charge in [-0.25, -0.2) is 4.98 Å². The number of piperidine rings is 2. The van der Waals surface area contributed by atoms with Crippen LogP contribution in [-0.4, -0.2) is 78.9 Å². The molecule has 10 nitrogen and oxygen atoms in total. The van der Waals surface area contributed by atoms with Crippen molar-refractivity contribution >= 4 is 29.1 Å². The van der Waals surface area contributed by atoms with Gasteiger partial charge in [-0.2, -0.15) is 0 Å². The molecule has 0 radical (unpaired) electrons. The lowest BCUT2D eigenvalue weighted by atomic mass is 9.79. The second-order valence-corrected chi connectivity index (χ2v) is 11.8. The molecule has 4 aromatic rings. The number of amides is 2. The summed E-state index contributed by atoms with van der Waals surface area (Å²) in [7, 11) is 1.83. The number of aldehydes is 1. The van der Waals surface area contributed by atoms with Crippen LogP contribution in [0.3, 0.4) is 0 Å². The number of rotatable bonds is 6. The van der Waals surface area contributed by atoms with Crippen LogP contribution in [0.15, 0.2) is 78.0 Å². The molecule has 0 unspecified atom stereocenters. The molecule has 0 aliphatic carbocycles. The maximum absolute atomic E-state index is 14.0. The molecule has 2 atom stereocenters. The summed E-state index contributed by atoms with van der Waals surface area (Å²) in [4.78, 5) is 59.6. The van der Waals surface area contributed by atoms with Crippen molar-refractivity contribution in [2.24, 2.45) is 13.0 Å². The number of aliphatic hydroxyl groups is 1. The first-order valence-corrected chi connectivity index (χ1v) is 14.7. The Morgan fingerprint density at radius 3 is 2.53 bits per heavy atom. The topological polar surface area (TPSA) is 118 Å². The summed E-state index contributed by atoms with van der Waals surface area (Å²) in [5, 5.41) is 11.9. The van der Waals surface area contributed by atoms with Crippen LogP contribution < -0.4 is 5.56 Å². The molecule has 6 rings (SSSR count). The number of hydrogen-bond acceptors (Lipinski definition) is 6. The first kappa shape index (κ1) is 28.5. The van der Waals surface area contributed by atoms with Crippen LogP contribution in [0.1, 0.15) is 51.5 Å². The van der Waals surface area contributed by atoms with Gasteiger partial charge < -0.3 is 19.5 Å². The molecule has 2 fully saturated rings. The molecule has 222 valence electrons. The molecule has 2 aromatic carbocycles. The monoisotopic (exact) mass is 581 g/mol. The smallest absolute Gasteiger partial charge is 0.262 e. The molecule has 2 aromatic heterocycles. The number of nitrogens with zero attached hydrogens (tertiary/aromatic N) is 5. The van der Waals surface area contributed by atoms with E-state index in [4.69, 9.17) is 0 Å². The predicted molar refractivity (Wildman–Crippen MR) is 161 cm³/mol. The zero-order valence-electron chi connectivity index (χ0n) is 24.1. The Balaban J connectivity index is 1.15. The molecule has 2 saturated heterocycles. The van der Waals surface area contributed by atoms with Gasteiger partial charge in [-0.3, -0.25) is 23.7 Å². The van der Waals surface area contributed by atoms with Crippen molar-refractivity contribution in [3.05, 3.63) is 100 Å². The van der Waals surface area contributed by atoms with E-state index in [0.717, 1.165) is 11.8 Å². The molecule has 2 aliphatic heterocycles. The number of benzene rings is 2. The van der Waals surface area contributed by atoms with Crippen LogP contribution in [0.4, 0.5) is 0 Å². The number of aryl methyl sites for hydroxylation is 1. The van der Waals surface area contributed by atoms with Crippen LogP contribution >= 0.6 is 0 Å². The van der Waals surface area contributed by atoms with Gasteiger partial charge in [0.2, 0.25) is 5.91 Å². The van der Waals surface area contributed by atoms with Gasteiger partial charge in [0, 0.05) is 62.4 Å². The lowest BCUT2D eigenvalue weighted by molar-refractivity contribution is -0.142. The first-order chi connectivity index (χ1) is 20.8. The van der Waals surface area contributed by atoms with Gasteiger partial charge in [0.1, 0.15) is 18.3 Å². The fourth-order valence-corrected chi connectivity index (χ4v) is 6.54. The van der Waals surface area contributed by atoms with E-state index < -0.39 is 5.60 Å². The summed E-state index contributed by atoms with van der Waals surface area (Å²) in [5.41, 5.74) is 1.18. The van der Waals surface area contributed by atoms with E-state index in [1.165, 1.54) is 10.9 Å². The molecular weight excluding hydrogens is 546 g/mol. The number of carbonyl (C=O) groups excluding carboxylic acids is 3. The van der Waals surface area contributed by atoms with Crippen molar-refractivity contribution in [3.63, 3.8) is 0 Å². The highest BCUT2D eigenvalue weighted by atomic mass is 16.3. The summed E-state index contributed by atoms with van der Waals surface area (Å²) >= 11 is 0. The Hall–Kier alpha value is -4.57. The van der Waals surface area contributed by atoms with E-state index in [0.29, 0.717) is 67.6 Å². The van der Waals surface area contributed by atoms with Crippen molar-refractivity contribution in [1.29, 1.82) is 0 Å². The summed E-state index contributed by atoms with van der Waals surface area (Å²) in [6, 6.07) is 18.2. The fourth-order valence-electron chi connectivity index (χ4n) is 6.54. The Bertz CT molecular complexity index is 1720. The maximum Gasteiger partial charge on any atom is 0.262 e. The first-order valence-electron chi connectivity index (χ1n) is 14.7. The third-order valence-corrected chi connectivity index (χ3v) is 9.04. The second kappa shape index (κ2) is 11.6. The SMILES string of the molecule is Cn1ccc2c(=O)n(CC3(O)CCN(C(=O)[C@@H]4CCN(C(=O)c5cccc(C=O)c5)C[C@H]4c4ccccc4)CC3)cnc21. The van der Waals surface area contributed by atoms with Crippen LogP contribution in [0.25, 0.3) is 11.0 Å². The molecule has 0 spiro atoms. The van der Waals surface area contributed by atoms with E-state index in [2.05, 4.69) is 4.98 Å². The van der Waals surface area contributed by atoms with E-state index in [-0.39, 0.29) is 35.8 Å². The molecule has 0 bridgehead atoms. The summed E-state index contributed by atoms with van der Waals surface area (Å²) < 4.78 is 3.25. The van der Waals surface area contributed by atoms with Gasteiger partial charge in [0.15, 0.2) is 0 Å². The van der Waals surface area contributed by atoms with Crippen LogP contribution in [0.5, 0.6) is 0 Å². The lowest BCUT2D eigenvalue weighted by Gasteiger charge is -2.43. The third kappa shape index (κ3) is 5.62. The van der Waals surface area contributed by atoms with E-state index in [1.807, 2.05) is 42.3 Å². The Kier molecular flexibility index (Phi) is 7.70. The number of hydrogen-bond donors (Lipinski definition) is 1. The Labute approximate surface area is 249 Å². The molecule has 43 heavy (non-hydrogen) atoms. The number of likely N-dealkylation sites (tertiary alicyclic amines) is 2. The van der Waals surface area contributed by atoms with Crippen molar-refractivity contribution in [2.45, 2.75) is 37.3 Å². The molecule has 1 N–H and O–H groups in total. The minimum atomic E-state index is -1.13. The van der Waals surface area contributed by atoms with Crippen LogP contribution in [0, 0.1) is 5.92 Å². The van der Waals surface area contributed by atoms with Crippen molar-refractivity contribution < 1.29 is 19.5 Å². The van der Waals surface area contributed by atoms with Gasteiger partial charge in [-0.15, -0.1) is 0 Å². The highest BCUT2D eigenvalue weighted by molar-refractivity contribution is 5.96. The molecule has 4 heterocycles. The molecular formula is C33H35N5O5. The highest BCUT2D eigenvalue weighted by Crippen LogP contribution is 2.36. The van der Waals surface area contributed by atoms with Crippen molar-refractivity contribution in [2.75, 3.05) is 26.2 Å². The zero-order valence-corrected chi connectivity index (χ0v) is 24.1. The van der Waals surface area contributed by atoms with Crippen LogP contribution in [0.2, 0.25) is 0 Å². The van der Waals surface area contributed by atoms with E-state index in [9.17, 15) is 24.3 Å². The molecule has 2 aliphatic rings. The summed E-state index contributed by atoms with van der Waals surface area (Å²) in [5.74, 6) is -0.637. The fraction of sp³-hybridized carbons (Fsp3) is 0.364. The average Bonchev–Trinajstić information content (AvgIpc) is 3.43. The average molecular weight is 582 g/mol.